The zero-order chi connectivity index (χ0) is 14.6. The van der Waals surface area contributed by atoms with E-state index in [1.165, 1.54) is 10.9 Å². The lowest BCUT2D eigenvalue weighted by molar-refractivity contribution is -0.140. The number of alkyl halides is 3. The standard InChI is InChI=1S/C11H17BrF3N3O/c1-17(2)5-6-18-10(8(12)7-16-18)9(19)3-4-11(13,14)15/h7,9,19H,3-6H2,1-2H3. The number of nitrogens with zero attached hydrogens (tertiary/aromatic N) is 3. The van der Waals surface area contributed by atoms with Gasteiger partial charge in [-0.2, -0.15) is 18.3 Å². The van der Waals surface area contributed by atoms with Crippen LogP contribution in [0.25, 0.3) is 0 Å². The Morgan fingerprint density at radius 2 is 2.11 bits per heavy atom. The highest BCUT2D eigenvalue weighted by Crippen LogP contribution is 2.30. The molecular weight excluding hydrogens is 327 g/mol. The summed E-state index contributed by atoms with van der Waals surface area (Å²) in [5.41, 5.74) is 0.395. The van der Waals surface area contributed by atoms with E-state index in [1.807, 2.05) is 19.0 Å². The van der Waals surface area contributed by atoms with Crippen LogP contribution in [-0.4, -0.2) is 46.6 Å². The Balaban J connectivity index is 2.72. The molecule has 1 N–H and O–H groups in total. The van der Waals surface area contributed by atoms with Crippen LogP contribution in [0.2, 0.25) is 0 Å². The maximum Gasteiger partial charge on any atom is 0.389 e. The largest absolute Gasteiger partial charge is 0.389 e. The highest BCUT2D eigenvalue weighted by Gasteiger charge is 2.29. The van der Waals surface area contributed by atoms with E-state index in [9.17, 15) is 18.3 Å². The monoisotopic (exact) mass is 343 g/mol. The summed E-state index contributed by atoms with van der Waals surface area (Å²) in [5.74, 6) is 0. The summed E-state index contributed by atoms with van der Waals surface area (Å²) in [7, 11) is 3.77. The van der Waals surface area contributed by atoms with E-state index in [1.54, 1.807) is 0 Å². The molecule has 1 aromatic rings. The van der Waals surface area contributed by atoms with E-state index in [0.717, 1.165) is 0 Å². The molecule has 8 heteroatoms. The molecule has 1 heterocycles. The zero-order valence-corrected chi connectivity index (χ0v) is 12.4. The van der Waals surface area contributed by atoms with E-state index < -0.39 is 18.7 Å². The van der Waals surface area contributed by atoms with Crippen molar-refractivity contribution in [2.24, 2.45) is 0 Å². The highest BCUT2D eigenvalue weighted by atomic mass is 79.9. The van der Waals surface area contributed by atoms with Gasteiger partial charge in [0.05, 0.1) is 29.0 Å². The third-order valence-electron chi connectivity index (χ3n) is 2.61. The Bertz CT molecular complexity index is 406. The number of likely N-dealkylation sites (N-methyl/N-ethyl adjacent to an activating group) is 1. The average Bonchev–Trinajstić information content (AvgIpc) is 2.64. The molecule has 1 rings (SSSR count). The minimum atomic E-state index is -4.26. The summed E-state index contributed by atoms with van der Waals surface area (Å²) >= 11 is 3.21. The molecule has 1 atom stereocenters. The van der Waals surface area contributed by atoms with Crippen molar-refractivity contribution in [3.05, 3.63) is 16.4 Å². The van der Waals surface area contributed by atoms with E-state index in [-0.39, 0.29) is 6.42 Å². The Hall–Kier alpha value is -0.600. The number of aliphatic hydroxyl groups is 1. The lowest BCUT2D eigenvalue weighted by atomic mass is 10.1. The molecule has 110 valence electrons. The van der Waals surface area contributed by atoms with E-state index in [4.69, 9.17) is 0 Å². The molecular formula is C11H17BrF3N3O. The van der Waals surface area contributed by atoms with Crippen LogP contribution in [-0.2, 0) is 6.54 Å². The van der Waals surface area contributed by atoms with Gasteiger partial charge in [0.1, 0.15) is 0 Å². The fourth-order valence-corrected chi connectivity index (χ4v) is 2.17. The van der Waals surface area contributed by atoms with Crippen LogP contribution in [0.15, 0.2) is 10.7 Å². The van der Waals surface area contributed by atoms with Gasteiger partial charge in [0.2, 0.25) is 0 Å². The summed E-state index contributed by atoms with van der Waals surface area (Å²) in [4.78, 5) is 1.93. The minimum Gasteiger partial charge on any atom is -0.387 e. The van der Waals surface area contributed by atoms with Crippen LogP contribution in [0.4, 0.5) is 13.2 Å². The molecule has 0 radical (unpaired) electrons. The molecule has 0 amide bonds. The van der Waals surface area contributed by atoms with Crippen molar-refractivity contribution in [1.82, 2.24) is 14.7 Å². The molecule has 0 saturated carbocycles. The molecule has 0 fully saturated rings. The maximum absolute atomic E-state index is 12.2. The van der Waals surface area contributed by atoms with Gasteiger partial charge in [0.15, 0.2) is 0 Å². The second-order valence-corrected chi connectivity index (χ2v) is 5.43. The number of aromatic nitrogens is 2. The Morgan fingerprint density at radius 1 is 1.47 bits per heavy atom. The fourth-order valence-electron chi connectivity index (χ4n) is 1.61. The second kappa shape index (κ2) is 6.71. The Kier molecular flexibility index (Phi) is 5.82. The number of hydrogen-bond donors (Lipinski definition) is 1. The first-order valence-electron chi connectivity index (χ1n) is 5.81. The van der Waals surface area contributed by atoms with Crippen LogP contribution >= 0.6 is 15.9 Å². The van der Waals surface area contributed by atoms with Crippen LogP contribution in [0.5, 0.6) is 0 Å². The van der Waals surface area contributed by atoms with Gasteiger partial charge in [-0.15, -0.1) is 0 Å². The lowest BCUT2D eigenvalue weighted by Crippen LogP contribution is -2.21. The SMILES string of the molecule is CN(C)CCn1ncc(Br)c1C(O)CCC(F)(F)F. The minimum absolute atomic E-state index is 0.365. The molecule has 0 spiro atoms. The van der Waals surface area contributed by atoms with Crippen LogP contribution in [0, 0.1) is 0 Å². The lowest BCUT2D eigenvalue weighted by Gasteiger charge is -2.16. The summed E-state index contributed by atoms with van der Waals surface area (Å²) in [6, 6.07) is 0. The van der Waals surface area contributed by atoms with Crippen LogP contribution in [0.3, 0.4) is 0 Å². The molecule has 0 aliphatic rings. The predicted octanol–water partition coefficient (Wildman–Crippen LogP) is 2.58. The fraction of sp³-hybridized carbons (Fsp3) is 0.727. The zero-order valence-electron chi connectivity index (χ0n) is 10.8. The van der Waals surface area contributed by atoms with Gasteiger partial charge in [0.25, 0.3) is 0 Å². The van der Waals surface area contributed by atoms with Gasteiger partial charge >= 0.3 is 6.18 Å². The number of aliphatic hydroxyl groups excluding tert-OH is 1. The molecule has 0 bridgehead atoms. The number of halogens is 4. The first-order chi connectivity index (χ1) is 8.70. The number of hydrogen-bond acceptors (Lipinski definition) is 3. The van der Waals surface area contributed by atoms with Gasteiger partial charge in [0, 0.05) is 13.0 Å². The average molecular weight is 344 g/mol. The normalized spacial score (nSPS) is 14.1. The van der Waals surface area contributed by atoms with Crippen molar-refractivity contribution in [3.63, 3.8) is 0 Å². The van der Waals surface area contributed by atoms with Crippen molar-refractivity contribution >= 4 is 15.9 Å². The van der Waals surface area contributed by atoms with Gasteiger partial charge in [-0.05, 0) is 36.4 Å². The first kappa shape index (κ1) is 16.5. The summed E-state index contributed by atoms with van der Waals surface area (Å²) in [6.07, 6.45) is -5.33. The van der Waals surface area contributed by atoms with Crippen molar-refractivity contribution < 1.29 is 18.3 Å². The smallest absolute Gasteiger partial charge is 0.387 e. The first-order valence-corrected chi connectivity index (χ1v) is 6.60. The molecule has 1 unspecified atom stereocenters. The molecule has 4 nitrogen and oxygen atoms in total. The van der Waals surface area contributed by atoms with Crippen LogP contribution < -0.4 is 0 Å². The molecule has 19 heavy (non-hydrogen) atoms. The quantitative estimate of drug-likeness (QED) is 0.863. The van der Waals surface area contributed by atoms with Crippen molar-refractivity contribution in [2.75, 3.05) is 20.6 Å². The Labute approximate surface area is 118 Å². The highest BCUT2D eigenvalue weighted by molar-refractivity contribution is 9.10. The maximum atomic E-state index is 12.2. The van der Waals surface area contributed by atoms with Crippen molar-refractivity contribution in [2.45, 2.75) is 31.7 Å². The summed E-state index contributed by atoms with van der Waals surface area (Å²) < 4.78 is 38.5. The molecule has 1 aromatic heterocycles. The van der Waals surface area contributed by atoms with Crippen molar-refractivity contribution in [3.8, 4) is 0 Å². The van der Waals surface area contributed by atoms with Gasteiger partial charge < -0.3 is 10.0 Å². The van der Waals surface area contributed by atoms with Gasteiger partial charge in [-0.1, -0.05) is 0 Å². The summed E-state index contributed by atoms with van der Waals surface area (Å²) in [5, 5.41) is 14.0. The Morgan fingerprint density at radius 3 is 2.63 bits per heavy atom. The van der Waals surface area contributed by atoms with Gasteiger partial charge in [-0.25, -0.2) is 0 Å². The van der Waals surface area contributed by atoms with E-state index >= 15 is 0 Å². The molecule has 0 aromatic carbocycles. The van der Waals surface area contributed by atoms with E-state index in [2.05, 4.69) is 21.0 Å². The third-order valence-corrected chi connectivity index (χ3v) is 3.22. The van der Waals surface area contributed by atoms with Crippen molar-refractivity contribution in [1.29, 1.82) is 0 Å². The molecule has 0 aliphatic heterocycles. The second-order valence-electron chi connectivity index (χ2n) is 4.57. The number of rotatable bonds is 6. The summed E-state index contributed by atoms with van der Waals surface area (Å²) in [6.45, 7) is 1.20. The third kappa shape index (κ3) is 5.50. The topological polar surface area (TPSA) is 41.3 Å². The molecule has 0 saturated heterocycles. The predicted molar refractivity (Wildman–Crippen MR) is 68.7 cm³/mol. The van der Waals surface area contributed by atoms with Crippen LogP contribution in [0.1, 0.15) is 24.6 Å². The molecule has 0 aliphatic carbocycles. The van der Waals surface area contributed by atoms with Gasteiger partial charge in [-0.3, -0.25) is 4.68 Å². The van der Waals surface area contributed by atoms with E-state index in [0.29, 0.717) is 23.3 Å².